The summed E-state index contributed by atoms with van der Waals surface area (Å²) in [5.74, 6) is 0.952. The Bertz CT molecular complexity index is 390. The quantitative estimate of drug-likeness (QED) is 0.538. The van der Waals surface area contributed by atoms with Crippen molar-refractivity contribution in [3.05, 3.63) is 0 Å². The highest BCUT2D eigenvalue weighted by Gasteiger charge is 2.24. The van der Waals surface area contributed by atoms with Crippen molar-refractivity contribution in [3.8, 4) is 0 Å². The van der Waals surface area contributed by atoms with Gasteiger partial charge in [0.2, 0.25) is 0 Å². The van der Waals surface area contributed by atoms with Gasteiger partial charge in [-0.25, -0.2) is 0 Å². The number of morpholine rings is 1. The van der Waals surface area contributed by atoms with Crippen LogP contribution < -0.4 is 10.6 Å². The molecule has 0 amide bonds. The van der Waals surface area contributed by atoms with Crippen molar-refractivity contribution < 1.29 is 4.74 Å². The lowest BCUT2D eigenvalue weighted by Gasteiger charge is -2.37. The third-order valence-corrected chi connectivity index (χ3v) is 5.25. The van der Waals surface area contributed by atoms with Crippen LogP contribution in [0.25, 0.3) is 0 Å². The molecule has 2 aliphatic heterocycles. The number of likely N-dealkylation sites (N-methyl/N-ethyl adjacent to an activating group) is 1. The van der Waals surface area contributed by atoms with Crippen molar-refractivity contribution in [2.45, 2.75) is 58.7 Å². The molecule has 6 nitrogen and oxygen atoms in total. The first-order valence-electron chi connectivity index (χ1n) is 9.75. The van der Waals surface area contributed by atoms with E-state index in [1.807, 2.05) is 0 Å². The van der Waals surface area contributed by atoms with Gasteiger partial charge < -0.3 is 15.4 Å². The van der Waals surface area contributed by atoms with E-state index in [1.54, 1.807) is 0 Å². The molecule has 0 spiro atoms. The van der Waals surface area contributed by atoms with Gasteiger partial charge in [-0.3, -0.25) is 14.8 Å². The Balaban J connectivity index is 1.83. The zero-order valence-electron chi connectivity index (χ0n) is 16.1. The number of nitrogens with zero attached hydrogens (tertiary/aromatic N) is 3. The fourth-order valence-electron chi connectivity index (χ4n) is 3.82. The van der Waals surface area contributed by atoms with Crippen LogP contribution in [-0.2, 0) is 4.74 Å². The maximum Gasteiger partial charge on any atom is 0.191 e. The fraction of sp³-hybridized carbons (Fsp3) is 0.944. The molecular formula is C18H37N5O. The molecule has 0 saturated carbocycles. The van der Waals surface area contributed by atoms with Crippen molar-refractivity contribution in [1.82, 2.24) is 20.4 Å². The van der Waals surface area contributed by atoms with E-state index < -0.39 is 0 Å². The van der Waals surface area contributed by atoms with Gasteiger partial charge in [-0.05, 0) is 46.7 Å². The zero-order chi connectivity index (χ0) is 17.4. The number of hydrogen-bond donors (Lipinski definition) is 2. The van der Waals surface area contributed by atoms with E-state index in [0.29, 0.717) is 18.1 Å². The molecule has 0 radical (unpaired) electrons. The minimum Gasteiger partial charge on any atom is -0.379 e. The van der Waals surface area contributed by atoms with Crippen molar-refractivity contribution in [2.24, 2.45) is 4.99 Å². The first kappa shape index (κ1) is 19.5. The molecular weight excluding hydrogens is 302 g/mol. The Hall–Kier alpha value is -0.850. The number of likely N-dealkylation sites (tertiary alicyclic amines) is 1. The third-order valence-electron chi connectivity index (χ3n) is 5.25. The van der Waals surface area contributed by atoms with Gasteiger partial charge in [0, 0.05) is 37.8 Å². The van der Waals surface area contributed by atoms with Crippen molar-refractivity contribution >= 4 is 5.96 Å². The van der Waals surface area contributed by atoms with Crippen LogP contribution in [0.1, 0.15) is 40.5 Å². The Morgan fingerprint density at radius 2 is 2.12 bits per heavy atom. The van der Waals surface area contributed by atoms with Gasteiger partial charge in [-0.1, -0.05) is 6.92 Å². The average Bonchev–Trinajstić information content (AvgIpc) is 3.05. The molecule has 140 valence electrons. The summed E-state index contributed by atoms with van der Waals surface area (Å²) in [5.41, 5.74) is 0. The molecule has 3 unspecified atom stereocenters. The lowest BCUT2D eigenvalue weighted by molar-refractivity contribution is -0.0165. The second-order valence-corrected chi connectivity index (χ2v) is 7.04. The molecule has 0 aliphatic carbocycles. The molecule has 2 saturated heterocycles. The number of ether oxygens (including phenoxy) is 1. The first-order valence-corrected chi connectivity index (χ1v) is 9.75. The van der Waals surface area contributed by atoms with Crippen LogP contribution in [0.5, 0.6) is 0 Å². The van der Waals surface area contributed by atoms with Crippen LogP contribution in [0.3, 0.4) is 0 Å². The van der Waals surface area contributed by atoms with Gasteiger partial charge in [0.15, 0.2) is 5.96 Å². The number of hydrogen-bond acceptors (Lipinski definition) is 4. The summed E-state index contributed by atoms with van der Waals surface area (Å²) in [7, 11) is 0. The van der Waals surface area contributed by atoms with E-state index >= 15 is 0 Å². The maximum absolute atomic E-state index is 5.54. The van der Waals surface area contributed by atoms with Gasteiger partial charge in [0.05, 0.1) is 19.8 Å². The molecule has 2 aliphatic rings. The predicted octanol–water partition coefficient (Wildman–Crippen LogP) is 1.14. The monoisotopic (exact) mass is 339 g/mol. The minimum atomic E-state index is 0.443. The molecule has 2 N–H and O–H groups in total. The summed E-state index contributed by atoms with van der Waals surface area (Å²) in [5, 5.41) is 6.94. The second-order valence-electron chi connectivity index (χ2n) is 7.04. The normalized spacial score (nSPS) is 28.1. The maximum atomic E-state index is 5.54. The highest BCUT2D eigenvalue weighted by atomic mass is 16.5. The van der Waals surface area contributed by atoms with Crippen LogP contribution in [0.2, 0.25) is 0 Å². The summed E-state index contributed by atoms with van der Waals surface area (Å²) >= 11 is 0. The first-order chi connectivity index (χ1) is 11.7. The predicted molar refractivity (Wildman–Crippen MR) is 101 cm³/mol. The van der Waals surface area contributed by atoms with Crippen LogP contribution >= 0.6 is 0 Å². The van der Waals surface area contributed by atoms with E-state index in [4.69, 9.17) is 9.73 Å². The average molecular weight is 340 g/mol. The Morgan fingerprint density at radius 3 is 2.83 bits per heavy atom. The molecule has 2 heterocycles. The van der Waals surface area contributed by atoms with Gasteiger partial charge in [0.25, 0.3) is 0 Å². The van der Waals surface area contributed by atoms with Crippen molar-refractivity contribution in [3.63, 3.8) is 0 Å². The molecule has 24 heavy (non-hydrogen) atoms. The highest BCUT2D eigenvalue weighted by molar-refractivity contribution is 5.79. The lowest BCUT2D eigenvalue weighted by atomic mass is 10.2. The van der Waals surface area contributed by atoms with E-state index in [1.165, 1.54) is 19.4 Å². The van der Waals surface area contributed by atoms with E-state index in [-0.39, 0.29) is 0 Å². The number of rotatable bonds is 7. The van der Waals surface area contributed by atoms with E-state index in [2.05, 4.69) is 48.1 Å². The largest absolute Gasteiger partial charge is 0.379 e. The van der Waals surface area contributed by atoms with Crippen LogP contribution in [-0.4, -0.2) is 86.4 Å². The van der Waals surface area contributed by atoms with Crippen LogP contribution in [0, 0.1) is 0 Å². The SMILES string of the molecule is CCNC(=NCC(C)N1CCOCC1C)NCC1CCCN1CC. The molecule has 2 fully saturated rings. The summed E-state index contributed by atoms with van der Waals surface area (Å²) in [4.78, 5) is 9.90. The fourth-order valence-corrected chi connectivity index (χ4v) is 3.82. The Labute approximate surface area is 148 Å². The number of aliphatic imine (C=N–C) groups is 1. The van der Waals surface area contributed by atoms with E-state index in [9.17, 15) is 0 Å². The molecule has 2 rings (SSSR count). The summed E-state index contributed by atoms with van der Waals surface area (Å²) in [6.45, 7) is 16.7. The smallest absolute Gasteiger partial charge is 0.191 e. The molecule has 0 aromatic heterocycles. The Kier molecular flexibility index (Phi) is 8.29. The minimum absolute atomic E-state index is 0.443. The Morgan fingerprint density at radius 1 is 1.29 bits per heavy atom. The third kappa shape index (κ3) is 5.60. The van der Waals surface area contributed by atoms with Crippen molar-refractivity contribution in [1.29, 1.82) is 0 Å². The molecule has 0 aromatic rings. The lowest BCUT2D eigenvalue weighted by Crippen LogP contribution is -2.50. The highest BCUT2D eigenvalue weighted by Crippen LogP contribution is 2.15. The van der Waals surface area contributed by atoms with E-state index in [0.717, 1.165) is 51.9 Å². The summed E-state index contributed by atoms with van der Waals surface area (Å²) in [6, 6.07) is 1.57. The van der Waals surface area contributed by atoms with Gasteiger partial charge in [0.1, 0.15) is 0 Å². The van der Waals surface area contributed by atoms with Crippen LogP contribution in [0.15, 0.2) is 4.99 Å². The van der Waals surface area contributed by atoms with Gasteiger partial charge >= 0.3 is 0 Å². The second kappa shape index (κ2) is 10.2. The standard InChI is InChI=1S/C18H37N5O/c1-5-19-18(21-13-17-8-7-9-22(17)6-2)20-12-15(3)23-10-11-24-14-16(23)4/h15-17H,5-14H2,1-4H3,(H2,19,20,21). The molecule has 3 atom stereocenters. The topological polar surface area (TPSA) is 52.1 Å². The van der Waals surface area contributed by atoms with Gasteiger partial charge in [-0.15, -0.1) is 0 Å². The zero-order valence-corrected chi connectivity index (χ0v) is 16.1. The van der Waals surface area contributed by atoms with Gasteiger partial charge in [-0.2, -0.15) is 0 Å². The molecule has 0 bridgehead atoms. The molecule has 0 aromatic carbocycles. The van der Waals surface area contributed by atoms with Crippen LogP contribution in [0.4, 0.5) is 0 Å². The molecule has 6 heteroatoms. The number of guanidine groups is 1. The number of nitrogens with one attached hydrogen (secondary N) is 2. The van der Waals surface area contributed by atoms with Crippen molar-refractivity contribution in [2.75, 3.05) is 52.5 Å². The summed E-state index contributed by atoms with van der Waals surface area (Å²) < 4.78 is 5.54. The summed E-state index contributed by atoms with van der Waals surface area (Å²) in [6.07, 6.45) is 2.61.